The third-order valence-corrected chi connectivity index (χ3v) is 3.43. The maximum atomic E-state index is 4.53. The molecule has 2 aromatic heterocycles. The molecule has 2 aromatic rings. The van der Waals surface area contributed by atoms with Crippen LogP contribution in [0, 0.1) is 13.8 Å². The summed E-state index contributed by atoms with van der Waals surface area (Å²) in [4.78, 5) is 13.5. The molecule has 0 aromatic carbocycles. The van der Waals surface area contributed by atoms with Gasteiger partial charge in [0.1, 0.15) is 11.5 Å². The van der Waals surface area contributed by atoms with Crippen LogP contribution < -0.4 is 5.32 Å². The van der Waals surface area contributed by atoms with Crippen LogP contribution in [0.25, 0.3) is 11.5 Å². The van der Waals surface area contributed by atoms with Gasteiger partial charge in [-0.15, -0.1) is 11.3 Å². The molecule has 0 unspecified atom stereocenters. The molecule has 5 heteroatoms. The summed E-state index contributed by atoms with van der Waals surface area (Å²) < 4.78 is 0. The molecule has 0 aliphatic carbocycles. The Kier molecular flexibility index (Phi) is 3.38. The van der Waals surface area contributed by atoms with E-state index in [0.717, 1.165) is 28.6 Å². The normalized spacial score (nSPS) is 10.6. The highest BCUT2D eigenvalue weighted by molar-refractivity contribution is 7.09. The smallest absolute Gasteiger partial charge is 0.181 e. The van der Waals surface area contributed by atoms with Crippen molar-refractivity contribution < 1.29 is 0 Å². The Morgan fingerprint density at radius 2 is 2.00 bits per heavy atom. The van der Waals surface area contributed by atoms with Gasteiger partial charge in [-0.05, 0) is 20.3 Å². The summed E-state index contributed by atoms with van der Waals surface area (Å²) in [6.45, 7) is 6.11. The molecule has 0 spiro atoms. The highest BCUT2D eigenvalue weighted by Crippen LogP contribution is 2.23. The topological polar surface area (TPSA) is 50.7 Å². The van der Waals surface area contributed by atoms with E-state index in [9.17, 15) is 0 Å². The number of rotatable bonds is 3. The van der Waals surface area contributed by atoms with Crippen molar-refractivity contribution in [1.29, 1.82) is 0 Å². The van der Waals surface area contributed by atoms with Crippen molar-refractivity contribution in [1.82, 2.24) is 15.0 Å². The van der Waals surface area contributed by atoms with Gasteiger partial charge in [-0.3, -0.25) is 0 Å². The molecular formula is C12H16N4S. The van der Waals surface area contributed by atoms with Gasteiger partial charge in [0.25, 0.3) is 0 Å². The minimum atomic E-state index is 0.702. The van der Waals surface area contributed by atoms with Gasteiger partial charge >= 0.3 is 0 Å². The molecule has 1 N–H and O–H groups in total. The number of anilines is 1. The fourth-order valence-corrected chi connectivity index (χ4v) is 2.40. The third-order valence-electron chi connectivity index (χ3n) is 2.65. The summed E-state index contributed by atoms with van der Waals surface area (Å²) in [5.41, 5.74) is 3.05. The molecule has 2 heterocycles. The van der Waals surface area contributed by atoms with Crippen LogP contribution in [0.1, 0.15) is 23.2 Å². The standard InChI is InChI=1S/C12H16N4S/c1-5-9-7(2)14-12(16-11(9)13-4)10-6-17-8(3)15-10/h6H,5H2,1-4H3,(H,13,14,16). The quantitative estimate of drug-likeness (QED) is 0.907. The summed E-state index contributed by atoms with van der Waals surface area (Å²) in [5.74, 6) is 1.61. The number of hydrogen-bond acceptors (Lipinski definition) is 5. The fraction of sp³-hybridized carbons (Fsp3) is 0.417. The summed E-state index contributed by atoms with van der Waals surface area (Å²) in [6.07, 6.45) is 0.929. The van der Waals surface area contributed by atoms with E-state index >= 15 is 0 Å². The number of aryl methyl sites for hydroxylation is 2. The summed E-state index contributed by atoms with van der Waals surface area (Å²) in [6, 6.07) is 0. The molecule has 0 saturated heterocycles. The molecule has 0 aliphatic heterocycles. The van der Waals surface area contributed by atoms with E-state index in [0.29, 0.717) is 5.82 Å². The zero-order valence-electron chi connectivity index (χ0n) is 10.5. The number of aromatic nitrogens is 3. The largest absolute Gasteiger partial charge is 0.373 e. The van der Waals surface area contributed by atoms with Crippen LogP contribution in [-0.2, 0) is 6.42 Å². The van der Waals surface area contributed by atoms with Gasteiger partial charge in [-0.1, -0.05) is 6.92 Å². The summed E-state index contributed by atoms with van der Waals surface area (Å²) in [7, 11) is 1.89. The van der Waals surface area contributed by atoms with Crippen LogP contribution in [0.15, 0.2) is 5.38 Å². The molecule has 90 valence electrons. The third kappa shape index (κ3) is 2.29. The lowest BCUT2D eigenvalue weighted by Crippen LogP contribution is -2.05. The van der Waals surface area contributed by atoms with Crippen molar-refractivity contribution in [2.24, 2.45) is 0 Å². The van der Waals surface area contributed by atoms with Crippen LogP contribution >= 0.6 is 11.3 Å². The second kappa shape index (κ2) is 4.79. The lowest BCUT2D eigenvalue weighted by molar-refractivity contribution is 0.997. The molecular weight excluding hydrogens is 232 g/mol. The van der Waals surface area contributed by atoms with Crippen LogP contribution in [0.5, 0.6) is 0 Å². The van der Waals surface area contributed by atoms with Crippen LogP contribution in [-0.4, -0.2) is 22.0 Å². The molecule has 0 bridgehead atoms. The van der Waals surface area contributed by atoms with E-state index in [1.54, 1.807) is 11.3 Å². The minimum Gasteiger partial charge on any atom is -0.373 e. The number of hydrogen-bond donors (Lipinski definition) is 1. The summed E-state index contributed by atoms with van der Waals surface area (Å²) >= 11 is 1.62. The molecule has 0 fully saturated rings. The van der Waals surface area contributed by atoms with Gasteiger partial charge in [-0.25, -0.2) is 15.0 Å². The number of thiazole rings is 1. The first-order valence-electron chi connectivity index (χ1n) is 5.63. The van der Waals surface area contributed by atoms with Gasteiger partial charge in [0.2, 0.25) is 0 Å². The zero-order valence-corrected chi connectivity index (χ0v) is 11.4. The lowest BCUT2D eigenvalue weighted by Gasteiger charge is -2.10. The zero-order chi connectivity index (χ0) is 12.4. The second-order valence-corrected chi connectivity index (χ2v) is 4.88. The highest BCUT2D eigenvalue weighted by atomic mass is 32.1. The van der Waals surface area contributed by atoms with E-state index in [1.165, 1.54) is 5.56 Å². The molecule has 0 aliphatic rings. The van der Waals surface area contributed by atoms with Crippen molar-refractivity contribution in [2.45, 2.75) is 27.2 Å². The Hall–Kier alpha value is -1.49. The van der Waals surface area contributed by atoms with E-state index in [4.69, 9.17) is 0 Å². The second-order valence-electron chi connectivity index (χ2n) is 3.82. The molecule has 2 rings (SSSR count). The molecule has 0 atom stereocenters. The van der Waals surface area contributed by atoms with E-state index in [-0.39, 0.29) is 0 Å². The maximum absolute atomic E-state index is 4.53. The van der Waals surface area contributed by atoms with Gasteiger partial charge in [0.15, 0.2) is 5.82 Å². The van der Waals surface area contributed by atoms with Crippen LogP contribution in [0.2, 0.25) is 0 Å². The highest BCUT2D eigenvalue weighted by Gasteiger charge is 2.12. The van der Waals surface area contributed by atoms with E-state index in [2.05, 4.69) is 27.2 Å². The Morgan fingerprint density at radius 1 is 1.24 bits per heavy atom. The fourth-order valence-electron chi connectivity index (χ4n) is 1.81. The van der Waals surface area contributed by atoms with E-state index < -0.39 is 0 Å². The molecule has 17 heavy (non-hydrogen) atoms. The van der Waals surface area contributed by atoms with Gasteiger partial charge in [0, 0.05) is 23.7 Å². The maximum Gasteiger partial charge on any atom is 0.181 e. The van der Waals surface area contributed by atoms with Crippen molar-refractivity contribution in [3.63, 3.8) is 0 Å². The van der Waals surface area contributed by atoms with Crippen LogP contribution in [0.4, 0.5) is 5.82 Å². The predicted octanol–water partition coefficient (Wildman–Crippen LogP) is 2.82. The van der Waals surface area contributed by atoms with Crippen molar-refractivity contribution in [3.8, 4) is 11.5 Å². The summed E-state index contributed by atoms with van der Waals surface area (Å²) in [5, 5.41) is 6.16. The Balaban J connectivity index is 2.53. The SMILES string of the molecule is CCc1c(C)nc(-c2csc(C)n2)nc1NC. The van der Waals surface area contributed by atoms with Crippen LogP contribution in [0.3, 0.4) is 0 Å². The first-order valence-corrected chi connectivity index (χ1v) is 6.51. The van der Waals surface area contributed by atoms with Gasteiger partial charge < -0.3 is 5.32 Å². The average molecular weight is 248 g/mol. The van der Waals surface area contributed by atoms with Crippen molar-refractivity contribution in [2.75, 3.05) is 12.4 Å². The Labute approximate surface area is 105 Å². The Morgan fingerprint density at radius 3 is 2.53 bits per heavy atom. The first kappa shape index (κ1) is 12.0. The first-order chi connectivity index (χ1) is 8.15. The molecule has 0 amide bonds. The van der Waals surface area contributed by atoms with Crippen molar-refractivity contribution >= 4 is 17.2 Å². The molecule has 0 saturated carbocycles. The predicted molar refractivity (Wildman–Crippen MR) is 71.5 cm³/mol. The lowest BCUT2D eigenvalue weighted by atomic mass is 10.1. The van der Waals surface area contributed by atoms with Gasteiger partial charge in [0.05, 0.1) is 5.01 Å². The Bertz CT molecular complexity index is 533. The minimum absolute atomic E-state index is 0.702. The molecule has 4 nitrogen and oxygen atoms in total. The number of nitrogens with one attached hydrogen (secondary N) is 1. The number of nitrogens with zero attached hydrogens (tertiary/aromatic N) is 3. The monoisotopic (exact) mass is 248 g/mol. The average Bonchev–Trinajstić information content (AvgIpc) is 2.74. The van der Waals surface area contributed by atoms with Crippen molar-refractivity contribution in [3.05, 3.63) is 21.6 Å². The van der Waals surface area contributed by atoms with E-state index in [1.807, 2.05) is 26.3 Å². The van der Waals surface area contributed by atoms with Gasteiger partial charge in [-0.2, -0.15) is 0 Å². The molecule has 0 radical (unpaired) electrons.